The lowest BCUT2D eigenvalue weighted by atomic mass is 10.0. The summed E-state index contributed by atoms with van der Waals surface area (Å²) in [6.07, 6.45) is 1.06. The molecule has 0 fully saturated rings. The van der Waals surface area contributed by atoms with Crippen LogP contribution in [0.3, 0.4) is 0 Å². The molecule has 3 rings (SSSR count). The van der Waals surface area contributed by atoms with Crippen LogP contribution in [0.15, 0.2) is 72.8 Å². The number of benzene rings is 3. The molecule has 0 aromatic heterocycles. The molecule has 10 heteroatoms. The molecule has 1 N–H and O–H groups in total. The van der Waals surface area contributed by atoms with Crippen LogP contribution in [0.4, 0.5) is 14.5 Å². The molecule has 0 saturated carbocycles. The number of sulfonamides is 1. The van der Waals surface area contributed by atoms with Gasteiger partial charge in [0.25, 0.3) is 0 Å². The molecule has 0 unspecified atom stereocenters. The van der Waals surface area contributed by atoms with E-state index in [9.17, 15) is 26.8 Å². The van der Waals surface area contributed by atoms with E-state index < -0.39 is 46.1 Å². The first-order chi connectivity index (χ1) is 18.4. The zero-order valence-electron chi connectivity index (χ0n) is 22.4. The van der Waals surface area contributed by atoms with Gasteiger partial charge in [-0.15, -0.1) is 0 Å². The van der Waals surface area contributed by atoms with Crippen molar-refractivity contribution in [3.05, 3.63) is 101 Å². The third kappa shape index (κ3) is 8.10. The maximum absolute atomic E-state index is 14.0. The quantitative estimate of drug-likeness (QED) is 0.383. The first-order valence-electron chi connectivity index (χ1n) is 12.5. The highest BCUT2D eigenvalue weighted by Gasteiger charge is 2.33. The van der Waals surface area contributed by atoms with Crippen LogP contribution in [-0.2, 0) is 32.6 Å². The van der Waals surface area contributed by atoms with Crippen LogP contribution in [0.1, 0.15) is 30.5 Å². The Kier molecular flexibility index (Phi) is 9.80. The van der Waals surface area contributed by atoms with Crippen LogP contribution in [0, 0.1) is 18.6 Å². The zero-order valence-corrected chi connectivity index (χ0v) is 23.2. The number of nitrogens with zero attached hydrogens (tertiary/aromatic N) is 2. The van der Waals surface area contributed by atoms with Crippen molar-refractivity contribution in [3.8, 4) is 0 Å². The van der Waals surface area contributed by atoms with Crippen LogP contribution in [-0.4, -0.2) is 50.0 Å². The number of rotatable bonds is 11. The molecule has 208 valence electrons. The predicted molar refractivity (Wildman–Crippen MR) is 147 cm³/mol. The molecule has 0 bridgehead atoms. The number of aryl methyl sites for hydroxylation is 1. The van der Waals surface area contributed by atoms with E-state index in [0.29, 0.717) is 4.31 Å². The van der Waals surface area contributed by atoms with Gasteiger partial charge in [0.1, 0.15) is 12.6 Å². The molecule has 0 aliphatic heterocycles. The van der Waals surface area contributed by atoms with E-state index in [4.69, 9.17) is 0 Å². The SMILES string of the molecule is Cc1ccccc1CN(C(=O)CN(c1ccc(F)c(F)c1)S(C)(=O)=O)[C@@H](Cc1ccccc1)C(=O)NC(C)C. The van der Waals surface area contributed by atoms with Crippen molar-refractivity contribution >= 4 is 27.5 Å². The molecule has 2 amide bonds. The summed E-state index contributed by atoms with van der Waals surface area (Å²) in [7, 11) is -4.08. The number of carbonyl (C=O) groups excluding carboxylic acids is 2. The number of anilines is 1. The van der Waals surface area contributed by atoms with Gasteiger partial charge in [-0.1, -0.05) is 54.6 Å². The number of carbonyl (C=O) groups is 2. The molecule has 0 heterocycles. The van der Waals surface area contributed by atoms with Crippen molar-refractivity contribution in [3.63, 3.8) is 0 Å². The fourth-order valence-electron chi connectivity index (χ4n) is 4.16. The van der Waals surface area contributed by atoms with Gasteiger partial charge in [0.2, 0.25) is 21.8 Å². The number of amides is 2. The van der Waals surface area contributed by atoms with Gasteiger partial charge in [-0.2, -0.15) is 0 Å². The largest absolute Gasteiger partial charge is 0.352 e. The van der Waals surface area contributed by atoms with Gasteiger partial charge in [-0.25, -0.2) is 17.2 Å². The third-order valence-electron chi connectivity index (χ3n) is 6.17. The van der Waals surface area contributed by atoms with Crippen LogP contribution in [0.5, 0.6) is 0 Å². The Labute approximate surface area is 228 Å². The highest BCUT2D eigenvalue weighted by molar-refractivity contribution is 7.92. The monoisotopic (exact) mass is 557 g/mol. The smallest absolute Gasteiger partial charge is 0.244 e. The lowest BCUT2D eigenvalue weighted by molar-refractivity contribution is -0.140. The number of hydrogen-bond acceptors (Lipinski definition) is 4. The summed E-state index contributed by atoms with van der Waals surface area (Å²) in [6.45, 7) is 4.81. The Morgan fingerprint density at radius 1 is 0.923 bits per heavy atom. The van der Waals surface area contributed by atoms with Gasteiger partial charge >= 0.3 is 0 Å². The molecule has 3 aromatic rings. The van der Waals surface area contributed by atoms with Gasteiger partial charge in [0.05, 0.1) is 11.9 Å². The molecule has 39 heavy (non-hydrogen) atoms. The second kappa shape index (κ2) is 12.8. The fourth-order valence-corrected chi connectivity index (χ4v) is 5.00. The molecule has 0 aliphatic rings. The Bertz CT molecular complexity index is 1420. The summed E-state index contributed by atoms with van der Waals surface area (Å²) in [4.78, 5) is 28.8. The molecular formula is C29H33F2N3O4S. The minimum atomic E-state index is -4.08. The van der Waals surface area contributed by atoms with E-state index in [0.717, 1.165) is 41.1 Å². The first kappa shape index (κ1) is 29.8. The van der Waals surface area contributed by atoms with Crippen LogP contribution >= 0.6 is 0 Å². The van der Waals surface area contributed by atoms with Crippen LogP contribution in [0.2, 0.25) is 0 Å². The molecule has 1 atom stereocenters. The highest BCUT2D eigenvalue weighted by Crippen LogP contribution is 2.23. The van der Waals surface area contributed by atoms with E-state index in [-0.39, 0.29) is 24.7 Å². The standard InChI is InChI=1S/C29H33F2N3O4S/c1-20(2)32-29(36)27(16-22-11-6-5-7-12-22)33(18-23-13-9-8-10-21(23)3)28(35)19-34(39(4,37)38)24-14-15-25(30)26(31)17-24/h5-15,17,20,27H,16,18-19H2,1-4H3,(H,32,36)/t27-/m0/s1. The Morgan fingerprint density at radius 2 is 1.56 bits per heavy atom. The molecular weight excluding hydrogens is 524 g/mol. The van der Waals surface area contributed by atoms with Crippen molar-refractivity contribution < 1.29 is 26.8 Å². The number of nitrogens with one attached hydrogen (secondary N) is 1. The lowest BCUT2D eigenvalue weighted by Gasteiger charge is -2.34. The van der Waals surface area contributed by atoms with Gasteiger partial charge in [-0.3, -0.25) is 13.9 Å². The number of hydrogen-bond donors (Lipinski definition) is 1. The predicted octanol–water partition coefficient (Wildman–Crippen LogP) is 4.20. The topological polar surface area (TPSA) is 86.8 Å². The molecule has 7 nitrogen and oxygen atoms in total. The molecule has 0 spiro atoms. The van der Waals surface area contributed by atoms with Crippen molar-refractivity contribution in [2.75, 3.05) is 17.1 Å². The van der Waals surface area contributed by atoms with Gasteiger partial charge < -0.3 is 10.2 Å². The van der Waals surface area contributed by atoms with Crippen LogP contribution in [0.25, 0.3) is 0 Å². The second-order valence-corrected chi connectivity index (χ2v) is 11.6. The normalized spacial score (nSPS) is 12.2. The summed E-state index contributed by atoms with van der Waals surface area (Å²) in [6, 6.07) is 18.0. The van der Waals surface area contributed by atoms with E-state index >= 15 is 0 Å². The third-order valence-corrected chi connectivity index (χ3v) is 7.31. The molecule has 0 radical (unpaired) electrons. The number of halogens is 2. The minimum Gasteiger partial charge on any atom is -0.352 e. The van der Waals surface area contributed by atoms with E-state index in [1.807, 2.05) is 61.5 Å². The van der Waals surface area contributed by atoms with Crippen molar-refractivity contribution in [1.29, 1.82) is 0 Å². The highest BCUT2D eigenvalue weighted by atomic mass is 32.2. The summed E-state index contributed by atoms with van der Waals surface area (Å²) < 4.78 is 53.7. The fraction of sp³-hybridized carbons (Fsp3) is 0.310. The summed E-state index contributed by atoms with van der Waals surface area (Å²) in [5.74, 6) is -3.46. The van der Waals surface area contributed by atoms with Gasteiger partial charge in [0, 0.05) is 25.1 Å². The Balaban J connectivity index is 2.08. The van der Waals surface area contributed by atoms with Crippen molar-refractivity contribution in [2.45, 2.75) is 45.8 Å². The van der Waals surface area contributed by atoms with Gasteiger partial charge in [-0.05, 0) is 49.6 Å². The average molecular weight is 558 g/mol. The second-order valence-electron chi connectivity index (χ2n) is 9.68. The van der Waals surface area contributed by atoms with Gasteiger partial charge in [0.15, 0.2) is 11.6 Å². The summed E-state index contributed by atoms with van der Waals surface area (Å²) in [5.41, 5.74) is 2.27. The zero-order chi connectivity index (χ0) is 28.7. The minimum absolute atomic E-state index is 0.0316. The van der Waals surface area contributed by atoms with Crippen LogP contribution < -0.4 is 9.62 Å². The van der Waals surface area contributed by atoms with Crippen molar-refractivity contribution in [2.24, 2.45) is 0 Å². The molecule has 3 aromatic carbocycles. The average Bonchev–Trinajstić information content (AvgIpc) is 2.87. The summed E-state index contributed by atoms with van der Waals surface area (Å²) >= 11 is 0. The Hall–Kier alpha value is -3.79. The maximum Gasteiger partial charge on any atom is 0.244 e. The lowest BCUT2D eigenvalue weighted by Crippen LogP contribution is -2.54. The molecule has 0 aliphatic carbocycles. The van der Waals surface area contributed by atoms with Crippen molar-refractivity contribution in [1.82, 2.24) is 10.2 Å². The summed E-state index contributed by atoms with van der Waals surface area (Å²) in [5, 5.41) is 2.87. The first-order valence-corrected chi connectivity index (χ1v) is 14.3. The van der Waals surface area contributed by atoms with E-state index in [1.165, 1.54) is 4.90 Å². The van der Waals surface area contributed by atoms with E-state index in [2.05, 4.69) is 5.32 Å². The Morgan fingerprint density at radius 3 is 2.15 bits per heavy atom. The van der Waals surface area contributed by atoms with E-state index in [1.54, 1.807) is 13.8 Å². The molecule has 0 saturated heterocycles. The maximum atomic E-state index is 14.0.